The summed E-state index contributed by atoms with van der Waals surface area (Å²) in [5.41, 5.74) is 3.77. The lowest BCUT2D eigenvalue weighted by atomic mass is 10.0. The van der Waals surface area contributed by atoms with Crippen molar-refractivity contribution in [3.8, 4) is 0 Å². The SMILES string of the molecule is O=c1c(C2=CCCOC(Cc3ccccc3)=N2)cn(Cc2ccc(Cl)cc2)c2cc(N3CCC(O)CC3)c(F)cc12. The van der Waals surface area contributed by atoms with Crippen molar-refractivity contribution < 1.29 is 14.2 Å². The molecule has 0 saturated carbocycles. The van der Waals surface area contributed by atoms with Crippen LogP contribution in [0.3, 0.4) is 0 Å². The topological polar surface area (TPSA) is 67.1 Å². The maximum atomic E-state index is 15.6. The number of nitrogens with zero attached hydrogens (tertiary/aromatic N) is 3. The molecule has 1 saturated heterocycles. The molecule has 0 amide bonds. The summed E-state index contributed by atoms with van der Waals surface area (Å²) in [4.78, 5) is 20.7. The van der Waals surface area contributed by atoms with E-state index in [9.17, 15) is 9.90 Å². The molecule has 6 nitrogen and oxygen atoms in total. The predicted molar refractivity (Wildman–Crippen MR) is 162 cm³/mol. The van der Waals surface area contributed by atoms with E-state index in [-0.39, 0.29) is 11.5 Å². The lowest BCUT2D eigenvalue weighted by Gasteiger charge is -2.32. The summed E-state index contributed by atoms with van der Waals surface area (Å²) >= 11 is 6.13. The summed E-state index contributed by atoms with van der Waals surface area (Å²) in [5.74, 6) is 0.0881. The Balaban J connectivity index is 1.47. The zero-order chi connectivity index (χ0) is 28.3. The second kappa shape index (κ2) is 11.9. The summed E-state index contributed by atoms with van der Waals surface area (Å²) in [7, 11) is 0. The highest BCUT2D eigenvalue weighted by molar-refractivity contribution is 6.30. The van der Waals surface area contributed by atoms with Crippen molar-refractivity contribution in [2.24, 2.45) is 4.99 Å². The largest absolute Gasteiger partial charge is 0.480 e. The Morgan fingerprint density at radius 1 is 1.02 bits per heavy atom. The van der Waals surface area contributed by atoms with E-state index in [1.807, 2.05) is 76.3 Å². The van der Waals surface area contributed by atoms with Crippen LogP contribution in [0.4, 0.5) is 10.1 Å². The molecule has 0 atom stereocenters. The van der Waals surface area contributed by atoms with Gasteiger partial charge < -0.3 is 19.3 Å². The first-order valence-corrected chi connectivity index (χ1v) is 14.3. The van der Waals surface area contributed by atoms with Crippen molar-refractivity contribution in [1.82, 2.24) is 4.57 Å². The fraction of sp³-hybridized carbons (Fsp3) is 0.273. The minimum Gasteiger partial charge on any atom is -0.480 e. The summed E-state index contributed by atoms with van der Waals surface area (Å²) < 4.78 is 23.5. The van der Waals surface area contributed by atoms with Gasteiger partial charge in [-0.2, -0.15) is 0 Å². The highest BCUT2D eigenvalue weighted by Gasteiger charge is 2.23. The van der Waals surface area contributed by atoms with Crippen LogP contribution in [0.2, 0.25) is 5.02 Å². The molecule has 3 heterocycles. The number of aliphatic hydroxyl groups is 1. The van der Waals surface area contributed by atoms with Crippen molar-refractivity contribution in [3.05, 3.63) is 117 Å². The van der Waals surface area contributed by atoms with Crippen LogP contribution >= 0.6 is 11.6 Å². The van der Waals surface area contributed by atoms with Gasteiger partial charge in [-0.25, -0.2) is 9.38 Å². The van der Waals surface area contributed by atoms with E-state index >= 15 is 4.39 Å². The van der Waals surface area contributed by atoms with Crippen molar-refractivity contribution in [3.63, 3.8) is 0 Å². The Labute approximate surface area is 243 Å². The number of fused-ring (bicyclic) bond motifs is 1. The lowest BCUT2D eigenvalue weighted by molar-refractivity contribution is 0.145. The smallest absolute Gasteiger partial charge is 0.198 e. The molecule has 0 unspecified atom stereocenters. The molecule has 1 fully saturated rings. The van der Waals surface area contributed by atoms with Crippen LogP contribution in [0, 0.1) is 5.82 Å². The second-order valence-corrected chi connectivity index (χ2v) is 11.0. The molecule has 0 spiro atoms. The first kappa shape index (κ1) is 27.2. The molecule has 0 bridgehead atoms. The molecule has 2 aliphatic rings. The molecular formula is C33H31ClFN3O3. The Hall–Kier alpha value is -3.94. The van der Waals surface area contributed by atoms with Crippen molar-refractivity contribution in [1.29, 1.82) is 0 Å². The number of rotatable bonds is 6. The van der Waals surface area contributed by atoms with Crippen LogP contribution in [0.15, 0.2) is 88.8 Å². The summed E-state index contributed by atoms with van der Waals surface area (Å²) in [6, 6.07) is 20.6. The third-order valence-corrected chi connectivity index (χ3v) is 7.92. The second-order valence-electron chi connectivity index (χ2n) is 10.6. The van der Waals surface area contributed by atoms with Gasteiger partial charge in [-0.1, -0.05) is 60.1 Å². The fourth-order valence-electron chi connectivity index (χ4n) is 5.46. The molecule has 3 aromatic carbocycles. The number of aliphatic hydroxyl groups excluding tert-OH is 1. The first-order valence-electron chi connectivity index (χ1n) is 13.9. The number of benzene rings is 3. The summed E-state index contributed by atoms with van der Waals surface area (Å²) in [5, 5.41) is 10.9. The maximum absolute atomic E-state index is 15.6. The molecule has 0 aliphatic carbocycles. The normalized spacial score (nSPS) is 16.2. The number of aliphatic imine (C=N–C) groups is 1. The average Bonchev–Trinajstić information content (AvgIpc) is 3.22. The molecule has 210 valence electrons. The fourth-order valence-corrected chi connectivity index (χ4v) is 5.59. The molecule has 1 aromatic heterocycles. The molecule has 8 heteroatoms. The van der Waals surface area contributed by atoms with E-state index in [1.165, 1.54) is 6.07 Å². The summed E-state index contributed by atoms with van der Waals surface area (Å²) in [6.45, 7) is 2.02. The van der Waals surface area contributed by atoms with E-state index in [0.29, 0.717) is 90.7 Å². The molecule has 41 heavy (non-hydrogen) atoms. The number of anilines is 1. The zero-order valence-electron chi connectivity index (χ0n) is 22.6. The van der Waals surface area contributed by atoms with Gasteiger partial charge in [0.2, 0.25) is 0 Å². The van der Waals surface area contributed by atoms with Gasteiger partial charge in [-0.05, 0) is 48.2 Å². The van der Waals surface area contributed by atoms with Crippen LogP contribution in [0.5, 0.6) is 0 Å². The van der Waals surface area contributed by atoms with E-state index in [1.54, 1.807) is 6.07 Å². The van der Waals surface area contributed by atoms with Crippen molar-refractivity contribution in [2.75, 3.05) is 24.6 Å². The minimum absolute atomic E-state index is 0.275. The maximum Gasteiger partial charge on any atom is 0.198 e. The van der Waals surface area contributed by atoms with Crippen LogP contribution in [0.25, 0.3) is 16.6 Å². The average molecular weight is 572 g/mol. The van der Waals surface area contributed by atoms with Crippen molar-refractivity contribution in [2.45, 2.75) is 38.3 Å². The predicted octanol–water partition coefficient (Wildman–Crippen LogP) is 6.21. The van der Waals surface area contributed by atoms with Crippen LogP contribution in [-0.2, 0) is 17.7 Å². The van der Waals surface area contributed by atoms with Gasteiger partial charge in [0.15, 0.2) is 11.3 Å². The number of aromatic nitrogens is 1. The minimum atomic E-state index is -0.451. The van der Waals surface area contributed by atoms with E-state index in [4.69, 9.17) is 21.3 Å². The number of hydrogen-bond acceptors (Lipinski definition) is 5. The molecule has 1 N–H and O–H groups in total. The molecule has 0 radical (unpaired) electrons. The first-order chi connectivity index (χ1) is 19.9. The van der Waals surface area contributed by atoms with E-state index in [2.05, 4.69) is 0 Å². The van der Waals surface area contributed by atoms with E-state index in [0.717, 1.165) is 11.1 Å². The molecule has 4 aromatic rings. The highest BCUT2D eigenvalue weighted by atomic mass is 35.5. The Morgan fingerprint density at radius 2 is 1.78 bits per heavy atom. The molecule has 2 aliphatic heterocycles. The number of pyridine rings is 1. The zero-order valence-corrected chi connectivity index (χ0v) is 23.4. The monoisotopic (exact) mass is 571 g/mol. The van der Waals surface area contributed by atoms with Crippen LogP contribution < -0.4 is 10.3 Å². The van der Waals surface area contributed by atoms with E-state index < -0.39 is 5.82 Å². The van der Waals surface area contributed by atoms with Gasteiger partial charge >= 0.3 is 0 Å². The Kier molecular flexibility index (Phi) is 7.90. The molecular weight excluding hydrogens is 541 g/mol. The van der Waals surface area contributed by atoms with Gasteiger partial charge in [0.05, 0.1) is 35.2 Å². The number of ether oxygens (including phenoxy) is 1. The van der Waals surface area contributed by atoms with Gasteiger partial charge in [0.25, 0.3) is 0 Å². The third kappa shape index (κ3) is 6.06. The number of halogens is 2. The number of hydrogen-bond donors (Lipinski definition) is 1. The Morgan fingerprint density at radius 3 is 2.54 bits per heavy atom. The van der Waals surface area contributed by atoms with Gasteiger partial charge in [-0.3, -0.25) is 4.79 Å². The van der Waals surface area contributed by atoms with Gasteiger partial charge in [0, 0.05) is 49.1 Å². The number of piperidine rings is 1. The van der Waals surface area contributed by atoms with Crippen LogP contribution in [0.1, 0.15) is 36.0 Å². The van der Waals surface area contributed by atoms with Gasteiger partial charge in [-0.15, -0.1) is 0 Å². The Bertz CT molecular complexity index is 1670. The summed E-state index contributed by atoms with van der Waals surface area (Å²) in [6.07, 6.45) is 5.62. The quantitative estimate of drug-likeness (QED) is 0.299. The highest BCUT2D eigenvalue weighted by Crippen LogP contribution is 2.30. The lowest BCUT2D eigenvalue weighted by Crippen LogP contribution is -2.36. The molecule has 6 rings (SSSR count). The third-order valence-electron chi connectivity index (χ3n) is 7.66. The van der Waals surface area contributed by atoms with Crippen LogP contribution in [-0.4, -0.2) is 41.4 Å². The van der Waals surface area contributed by atoms with Gasteiger partial charge in [0.1, 0.15) is 5.82 Å². The van der Waals surface area contributed by atoms with Crippen molar-refractivity contribution >= 4 is 39.8 Å². The standard InChI is InChI=1S/C33H31ClFN3O3/c34-24-10-8-23(9-11-24)20-38-21-27(29-7-4-16-41-32(36-29)17-22-5-2-1-3-6-22)33(40)26-18-28(35)31(19-30(26)38)37-14-12-25(39)13-15-37/h1-3,5-11,18-19,21,25,39H,4,12-17,20H2.